The minimum Gasteiger partial charge on any atom is -0.308 e. The van der Waals surface area contributed by atoms with Crippen molar-refractivity contribution in [1.82, 2.24) is 10.3 Å². The molecule has 0 spiro atoms. The van der Waals surface area contributed by atoms with Crippen LogP contribution in [-0.2, 0) is 6.42 Å². The lowest BCUT2D eigenvalue weighted by molar-refractivity contribution is 0.0977. The summed E-state index contributed by atoms with van der Waals surface area (Å²) < 4.78 is 1.07. The van der Waals surface area contributed by atoms with Crippen LogP contribution in [0.1, 0.15) is 22.8 Å². The molecule has 0 saturated heterocycles. The van der Waals surface area contributed by atoms with E-state index in [-0.39, 0.29) is 11.0 Å². The first-order chi connectivity index (χ1) is 11.2. The largest absolute Gasteiger partial charge is 0.308 e. The fourth-order valence-corrected chi connectivity index (χ4v) is 3.25. The van der Waals surface area contributed by atoms with Crippen molar-refractivity contribution in [2.24, 2.45) is 0 Å². The standard InChI is InChI=1S/C17H15N3OS2/c1-2-11-7-9-12(10-8-11)15(21)19-16(22)20-17-18-13-5-3-4-6-14(13)23-17/h3-10H,2H2,1H3,(H2,18,19,20,21,22). The van der Waals surface area contributed by atoms with Crippen LogP contribution < -0.4 is 10.6 Å². The zero-order valence-corrected chi connectivity index (χ0v) is 14.1. The smallest absolute Gasteiger partial charge is 0.257 e. The number of anilines is 1. The minimum atomic E-state index is -0.230. The van der Waals surface area contributed by atoms with Crippen molar-refractivity contribution in [3.8, 4) is 0 Å². The number of para-hydroxylation sites is 1. The number of aromatic nitrogens is 1. The second-order valence-electron chi connectivity index (χ2n) is 4.95. The van der Waals surface area contributed by atoms with Gasteiger partial charge in [-0.2, -0.15) is 0 Å². The predicted molar refractivity (Wildman–Crippen MR) is 99.1 cm³/mol. The highest BCUT2D eigenvalue weighted by Crippen LogP contribution is 2.25. The van der Waals surface area contributed by atoms with E-state index in [9.17, 15) is 4.79 Å². The van der Waals surface area contributed by atoms with Crippen molar-refractivity contribution in [2.75, 3.05) is 5.32 Å². The predicted octanol–water partition coefficient (Wildman–Crippen LogP) is 3.99. The van der Waals surface area contributed by atoms with Crippen LogP contribution in [-0.4, -0.2) is 16.0 Å². The van der Waals surface area contributed by atoms with Crippen LogP contribution >= 0.6 is 23.6 Å². The Hall–Kier alpha value is -2.31. The SMILES string of the molecule is CCc1ccc(C(=O)NC(=S)Nc2nc3ccccc3s2)cc1. The second-order valence-corrected chi connectivity index (χ2v) is 6.38. The Kier molecular flexibility index (Phi) is 4.64. The normalized spacial score (nSPS) is 10.5. The molecule has 2 aromatic carbocycles. The van der Waals surface area contributed by atoms with E-state index in [0.717, 1.165) is 16.6 Å². The Morgan fingerprint density at radius 1 is 1.17 bits per heavy atom. The van der Waals surface area contributed by atoms with E-state index >= 15 is 0 Å². The Morgan fingerprint density at radius 3 is 2.61 bits per heavy atom. The summed E-state index contributed by atoms with van der Waals surface area (Å²) in [6.07, 6.45) is 0.944. The molecule has 1 aromatic heterocycles. The molecule has 0 aliphatic carbocycles. The number of carbonyl (C=O) groups excluding carboxylic acids is 1. The molecule has 0 atom stereocenters. The van der Waals surface area contributed by atoms with Gasteiger partial charge in [-0.1, -0.05) is 42.5 Å². The summed E-state index contributed by atoms with van der Waals surface area (Å²) in [7, 11) is 0. The van der Waals surface area contributed by atoms with Crippen LogP contribution in [0.15, 0.2) is 48.5 Å². The number of nitrogens with one attached hydrogen (secondary N) is 2. The van der Waals surface area contributed by atoms with Gasteiger partial charge in [-0.3, -0.25) is 10.1 Å². The molecule has 23 heavy (non-hydrogen) atoms. The maximum Gasteiger partial charge on any atom is 0.257 e. The van der Waals surface area contributed by atoms with Crippen molar-refractivity contribution in [1.29, 1.82) is 0 Å². The third-order valence-corrected chi connectivity index (χ3v) is 4.52. The summed E-state index contributed by atoms with van der Waals surface area (Å²) in [6.45, 7) is 2.08. The first-order valence-corrected chi connectivity index (χ1v) is 8.45. The number of aryl methyl sites for hydroxylation is 1. The molecule has 0 aliphatic heterocycles. The van der Waals surface area contributed by atoms with E-state index in [1.807, 2.05) is 36.4 Å². The van der Waals surface area contributed by atoms with E-state index in [1.165, 1.54) is 16.9 Å². The lowest BCUT2D eigenvalue weighted by Crippen LogP contribution is -2.34. The first-order valence-electron chi connectivity index (χ1n) is 7.22. The summed E-state index contributed by atoms with van der Waals surface area (Å²) in [6, 6.07) is 15.3. The average Bonchev–Trinajstić information content (AvgIpc) is 2.96. The maximum atomic E-state index is 12.2. The molecule has 1 amide bonds. The molecule has 0 saturated carbocycles. The van der Waals surface area contributed by atoms with Crippen LogP contribution in [0.3, 0.4) is 0 Å². The molecule has 4 nitrogen and oxygen atoms in total. The molecule has 0 aliphatic rings. The summed E-state index contributed by atoms with van der Waals surface area (Å²) >= 11 is 6.68. The van der Waals surface area contributed by atoms with Crippen molar-refractivity contribution in [3.05, 3.63) is 59.7 Å². The number of rotatable bonds is 3. The van der Waals surface area contributed by atoms with Crippen LogP contribution in [0, 0.1) is 0 Å². The molecule has 116 valence electrons. The number of amides is 1. The molecule has 0 radical (unpaired) electrons. The molecule has 6 heteroatoms. The zero-order valence-electron chi connectivity index (χ0n) is 12.5. The van der Waals surface area contributed by atoms with Gasteiger partial charge in [0.05, 0.1) is 10.2 Å². The number of fused-ring (bicyclic) bond motifs is 1. The van der Waals surface area contributed by atoms with Crippen molar-refractivity contribution >= 4 is 49.9 Å². The van der Waals surface area contributed by atoms with E-state index in [0.29, 0.717) is 10.7 Å². The summed E-state index contributed by atoms with van der Waals surface area (Å²) in [5.74, 6) is -0.230. The number of hydrogen-bond acceptors (Lipinski definition) is 4. The number of hydrogen-bond donors (Lipinski definition) is 2. The van der Waals surface area contributed by atoms with Crippen molar-refractivity contribution < 1.29 is 4.79 Å². The minimum absolute atomic E-state index is 0.230. The van der Waals surface area contributed by atoms with Gasteiger partial charge < -0.3 is 5.32 Å². The van der Waals surface area contributed by atoms with Gasteiger partial charge in [0.15, 0.2) is 10.2 Å². The Balaban J connectivity index is 1.64. The van der Waals surface area contributed by atoms with Gasteiger partial charge in [0.2, 0.25) is 0 Å². The number of benzene rings is 2. The number of carbonyl (C=O) groups is 1. The summed E-state index contributed by atoms with van der Waals surface area (Å²) in [5, 5.41) is 6.54. The van der Waals surface area contributed by atoms with Gasteiger partial charge >= 0.3 is 0 Å². The van der Waals surface area contributed by atoms with Crippen molar-refractivity contribution in [3.63, 3.8) is 0 Å². The molecule has 3 rings (SSSR count). The molecular weight excluding hydrogens is 326 g/mol. The van der Waals surface area contributed by atoms with Gasteiger partial charge in [0, 0.05) is 5.56 Å². The topological polar surface area (TPSA) is 54.0 Å². The van der Waals surface area contributed by atoms with E-state index < -0.39 is 0 Å². The third kappa shape index (κ3) is 3.72. The third-order valence-electron chi connectivity index (χ3n) is 3.37. The highest BCUT2D eigenvalue weighted by atomic mass is 32.1. The lowest BCUT2D eigenvalue weighted by atomic mass is 10.1. The van der Waals surface area contributed by atoms with Gasteiger partial charge in [-0.15, -0.1) is 0 Å². The highest BCUT2D eigenvalue weighted by molar-refractivity contribution is 7.80. The zero-order chi connectivity index (χ0) is 16.2. The lowest BCUT2D eigenvalue weighted by Gasteiger charge is -2.07. The summed E-state index contributed by atoms with van der Waals surface area (Å²) in [5.41, 5.74) is 2.68. The fourth-order valence-electron chi connectivity index (χ4n) is 2.12. The molecule has 0 bridgehead atoms. The molecule has 0 fully saturated rings. The molecule has 3 aromatic rings. The van der Waals surface area contributed by atoms with Crippen LogP contribution in [0.2, 0.25) is 0 Å². The van der Waals surface area contributed by atoms with E-state index in [1.54, 1.807) is 12.1 Å². The van der Waals surface area contributed by atoms with Crippen molar-refractivity contribution in [2.45, 2.75) is 13.3 Å². The Morgan fingerprint density at radius 2 is 1.91 bits per heavy atom. The van der Waals surface area contributed by atoms with Crippen LogP contribution in [0.4, 0.5) is 5.13 Å². The van der Waals surface area contributed by atoms with Crippen LogP contribution in [0.25, 0.3) is 10.2 Å². The van der Waals surface area contributed by atoms with E-state index in [2.05, 4.69) is 22.5 Å². The van der Waals surface area contributed by atoms with Crippen LogP contribution in [0.5, 0.6) is 0 Å². The van der Waals surface area contributed by atoms with Gasteiger partial charge in [0.25, 0.3) is 5.91 Å². The monoisotopic (exact) mass is 341 g/mol. The number of thiocarbonyl (C=S) groups is 1. The fraction of sp³-hybridized carbons (Fsp3) is 0.118. The average molecular weight is 341 g/mol. The maximum absolute atomic E-state index is 12.2. The van der Waals surface area contributed by atoms with Gasteiger partial charge in [0.1, 0.15) is 0 Å². The first kappa shape index (κ1) is 15.6. The quantitative estimate of drug-likeness (QED) is 0.708. The highest BCUT2D eigenvalue weighted by Gasteiger charge is 2.10. The second kappa shape index (κ2) is 6.85. The van der Waals surface area contributed by atoms with Gasteiger partial charge in [-0.05, 0) is 48.5 Å². The summed E-state index contributed by atoms with van der Waals surface area (Å²) in [4.78, 5) is 16.6. The molecule has 0 unspecified atom stereocenters. The van der Waals surface area contributed by atoms with E-state index in [4.69, 9.17) is 12.2 Å². The number of nitrogens with zero attached hydrogens (tertiary/aromatic N) is 1. The van der Waals surface area contributed by atoms with Gasteiger partial charge in [-0.25, -0.2) is 4.98 Å². The number of thiazole rings is 1. The Labute approximate surface area is 143 Å². The Bertz CT molecular complexity index is 823. The molecular formula is C17H15N3OS2. The molecule has 2 N–H and O–H groups in total. The molecule has 1 heterocycles.